The lowest BCUT2D eigenvalue weighted by molar-refractivity contribution is 0.480. The lowest BCUT2D eigenvalue weighted by Crippen LogP contribution is -1.91. The lowest BCUT2D eigenvalue weighted by atomic mass is 10.1. The number of rotatable bonds is 9. The van der Waals surface area contributed by atoms with Crippen LogP contribution >= 0.6 is 0 Å². The van der Waals surface area contributed by atoms with Gasteiger partial charge in [0, 0.05) is 59.8 Å². The average Bonchev–Trinajstić information content (AvgIpc) is 2.83. The van der Waals surface area contributed by atoms with Crippen LogP contribution in [0.25, 0.3) is 21.8 Å². The molecule has 0 aliphatic carbocycles. The summed E-state index contributed by atoms with van der Waals surface area (Å²) in [4.78, 5) is 17.6. The van der Waals surface area contributed by atoms with Crippen LogP contribution in [0, 0.1) is 0 Å². The second-order valence-electron chi connectivity index (χ2n) is 7.63. The molecule has 0 amide bonds. The van der Waals surface area contributed by atoms with Crippen molar-refractivity contribution in [1.82, 2.24) is 9.97 Å². The second-order valence-corrected chi connectivity index (χ2v) is 7.63. The predicted octanol–water partition coefficient (Wildman–Crippen LogP) is 5.29. The summed E-state index contributed by atoms with van der Waals surface area (Å²) in [6.07, 6.45) is 11.4. The van der Waals surface area contributed by atoms with Gasteiger partial charge in [-0.25, -0.2) is 0 Å². The first-order valence-corrected chi connectivity index (χ1v) is 10.9. The Labute approximate surface area is 187 Å². The van der Waals surface area contributed by atoms with Crippen molar-refractivity contribution in [3.05, 3.63) is 72.1 Å². The second kappa shape index (κ2) is 10.5. The molecule has 2 heterocycles. The molecule has 0 saturated heterocycles. The van der Waals surface area contributed by atoms with Crippen LogP contribution in [0.5, 0.6) is 11.5 Å². The van der Waals surface area contributed by atoms with Crippen molar-refractivity contribution < 1.29 is 10.2 Å². The molecule has 2 N–H and O–H groups in total. The molecule has 0 unspecified atom stereocenters. The molecule has 0 aliphatic rings. The minimum absolute atomic E-state index is 0.190. The fourth-order valence-electron chi connectivity index (χ4n) is 3.67. The molecule has 0 radical (unpaired) electrons. The van der Waals surface area contributed by atoms with Gasteiger partial charge >= 0.3 is 0 Å². The normalized spacial score (nSPS) is 11.9. The molecule has 6 nitrogen and oxygen atoms in total. The van der Waals surface area contributed by atoms with Crippen LogP contribution < -0.4 is 0 Å². The van der Waals surface area contributed by atoms with E-state index in [1.54, 1.807) is 24.5 Å². The highest BCUT2D eigenvalue weighted by molar-refractivity contribution is 6.01. The molecular weight excluding hydrogens is 400 g/mol. The summed E-state index contributed by atoms with van der Waals surface area (Å²) in [5.41, 5.74) is 3.15. The smallest absolute Gasteiger partial charge is 0.141 e. The maximum atomic E-state index is 9.92. The molecule has 2 aromatic carbocycles. The van der Waals surface area contributed by atoms with E-state index >= 15 is 0 Å². The van der Waals surface area contributed by atoms with E-state index in [2.05, 4.69) is 20.0 Å². The summed E-state index contributed by atoms with van der Waals surface area (Å²) in [6.45, 7) is 1.55. The summed E-state index contributed by atoms with van der Waals surface area (Å²) in [5.74, 6) is 0.381. The third kappa shape index (κ3) is 5.09. The van der Waals surface area contributed by atoms with Gasteiger partial charge < -0.3 is 10.2 Å². The van der Waals surface area contributed by atoms with Gasteiger partial charge in [-0.15, -0.1) is 0 Å². The molecule has 0 fully saturated rings. The average molecular weight is 427 g/mol. The van der Waals surface area contributed by atoms with Crippen molar-refractivity contribution in [2.24, 2.45) is 9.98 Å². The number of aromatic nitrogens is 2. The van der Waals surface area contributed by atoms with E-state index in [0.717, 1.165) is 60.7 Å². The fourth-order valence-corrected chi connectivity index (χ4v) is 3.67. The third-order valence-corrected chi connectivity index (χ3v) is 5.35. The zero-order valence-corrected chi connectivity index (χ0v) is 17.9. The minimum atomic E-state index is 0.190. The van der Waals surface area contributed by atoms with Crippen molar-refractivity contribution in [3.8, 4) is 11.5 Å². The molecule has 0 spiro atoms. The number of phenols is 2. The van der Waals surface area contributed by atoms with Crippen molar-refractivity contribution in [3.63, 3.8) is 0 Å². The number of hydrogen-bond acceptors (Lipinski definition) is 6. The Kier molecular flexibility index (Phi) is 7.02. The molecule has 2 aromatic heterocycles. The summed E-state index contributed by atoms with van der Waals surface area (Å²) in [7, 11) is 0. The number of pyridine rings is 2. The van der Waals surface area contributed by atoms with Crippen LogP contribution in [0.2, 0.25) is 0 Å². The van der Waals surface area contributed by atoms with Gasteiger partial charge in [-0.2, -0.15) is 0 Å². The molecule has 0 atom stereocenters. The van der Waals surface area contributed by atoms with E-state index in [1.165, 1.54) is 0 Å². The molecule has 0 bridgehead atoms. The van der Waals surface area contributed by atoms with Crippen LogP contribution in [0.4, 0.5) is 0 Å². The van der Waals surface area contributed by atoms with Crippen molar-refractivity contribution in [2.75, 3.05) is 13.1 Å². The Morgan fingerprint density at radius 1 is 0.625 bits per heavy atom. The van der Waals surface area contributed by atoms with Gasteiger partial charge in [0.05, 0.1) is 0 Å². The zero-order chi connectivity index (χ0) is 22.2. The summed E-state index contributed by atoms with van der Waals surface area (Å²) in [5, 5.41) is 21.7. The maximum Gasteiger partial charge on any atom is 0.141 e. The van der Waals surface area contributed by atoms with Gasteiger partial charge in [0.25, 0.3) is 0 Å². The van der Waals surface area contributed by atoms with E-state index in [4.69, 9.17) is 0 Å². The van der Waals surface area contributed by atoms with E-state index in [1.807, 2.05) is 48.8 Å². The largest absolute Gasteiger partial charge is 0.506 e. The molecule has 162 valence electrons. The Bertz CT molecular complexity index is 1170. The highest BCUT2D eigenvalue weighted by atomic mass is 16.3. The maximum absolute atomic E-state index is 9.92. The molecule has 0 saturated carbocycles. The molecule has 4 rings (SSSR count). The number of nitrogens with zero attached hydrogens (tertiary/aromatic N) is 4. The first-order valence-electron chi connectivity index (χ1n) is 10.9. The van der Waals surface area contributed by atoms with E-state index in [9.17, 15) is 10.2 Å². The van der Waals surface area contributed by atoms with Gasteiger partial charge in [-0.1, -0.05) is 25.0 Å². The topological polar surface area (TPSA) is 91.0 Å². The molecule has 32 heavy (non-hydrogen) atoms. The summed E-state index contributed by atoms with van der Waals surface area (Å²) < 4.78 is 0. The summed E-state index contributed by atoms with van der Waals surface area (Å²) in [6, 6.07) is 14.7. The number of benzene rings is 2. The van der Waals surface area contributed by atoms with Crippen molar-refractivity contribution >= 4 is 34.2 Å². The number of hydrogen-bond donors (Lipinski definition) is 2. The van der Waals surface area contributed by atoms with Gasteiger partial charge in [-0.05, 0) is 49.2 Å². The molecule has 4 aromatic rings. The Morgan fingerprint density at radius 2 is 1.09 bits per heavy atom. The predicted molar refractivity (Wildman–Crippen MR) is 130 cm³/mol. The Balaban J connectivity index is 1.19. The molecule has 6 heteroatoms. The first kappa shape index (κ1) is 21.4. The number of fused-ring (bicyclic) bond motifs is 2. The fraction of sp³-hybridized carbons (Fsp3) is 0.231. The third-order valence-electron chi connectivity index (χ3n) is 5.35. The van der Waals surface area contributed by atoms with Crippen LogP contribution in [0.3, 0.4) is 0 Å². The number of unbranched alkanes of at least 4 members (excludes halogenated alkanes) is 3. The van der Waals surface area contributed by atoms with Crippen LogP contribution in [-0.2, 0) is 0 Å². The minimum Gasteiger partial charge on any atom is -0.506 e. The van der Waals surface area contributed by atoms with Gasteiger partial charge in [0.15, 0.2) is 0 Å². The van der Waals surface area contributed by atoms with Crippen molar-refractivity contribution in [2.45, 2.75) is 25.7 Å². The number of phenolic OH excluding ortho intramolecular Hbond substituents is 2. The van der Waals surface area contributed by atoms with E-state index < -0.39 is 0 Å². The summed E-state index contributed by atoms with van der Waals surface area (Å²) >= 11 is 0. The number of aromatic hydroxyl groups is 2. The number of aliphatic imine (C=N–C) groups is 2. The van der Waals surface area contributed by atoms with Crippen LogP contribution in [0.15, 0.2) is 70.9 Å². The van der Waals surface area contributed by atoms with E-state index in [-0.39, 0.29) is 11.5 Å². The Morgan fingerprint density at radius 3 is 1.56 bits per heavy atom. The van der Waals surface area contributed by atoms with Gasteiger partial charge in [0.1, 0.15) is 22.5 Å². The quantitative estimate of drug-likeness (QED) is 0.281. The highest BCUT2D eigenvalue weighted by Crippen LogP contribution is 2.25. The van der Waals surface area contributed by atoms with Gasteiger partial charge in [-0.3, -0.25) is 20.0 Å². The highest BCUT2D eigenvalue weighted by Gasteiger charge is 2.05. The molecule has 0 aliphatic heterocycles. The van der Waals surface area contributed by atoms with Crippen LogP contribution in [0.1, 0.15) is 36.8 Å². The standard InChI is InChI=1S/C26H26N4O2/c31-23-11-9-19(21-7-5-15-29-25(21)23)17-27-13-3-1-2-4-14-28-18-20-10-12-24(32)26-22(20)8-6-16-30-26/h5-12,15-18,31-32H,1-4,13-14H2. The van der Waals surface area contributed by atoms with E-state index in [0.29, 0.717) is 11.0 Å². The monoisotopic (exact) mass is 426 g/mol. The Hall–Kier alpha value is -3.80. The van der Waals surface area contributed by atoms with Crippen LogP contribution in [-0.4, -0.2) is 45.7 Å². The van der Waals surface area contributed by atoms with Crippen molar-refractivity contribution in [1.29, 1.82) is 0 Å². The lowest BCUT2D eigenvalue weighted by Gasteiger charge is -2.03. The first-order chi connectivity index (χ1) is 15.7. The SMILES string of the molecule is Oc1ccc(C=NCCCCCCN=Cc2ccc(O)c3ncccc23)c2cccnc12. The molecular formula is C26H26N4O2. The van der Waals surface area contributed by atoms with Gasteiger partial charge in [0.2, 0.25) is 0 Å². The zero-order valence-electron chi connectivity index (χ0n) is 17.9.